The number of likely N-dealkylation sites (tertiary alicyclic amines) is 1. The van der Waals surface area contributed by atoms with Crippen LogP contribution in [0.25, 0.3) is 11.4 Å². The Morgan fingerprint density at radius 2 is 1.66 bits per heavy atom. The van der Waals surface area contributed by atoms with Crippen LogP contribution in [0.2, 0.25) is 0 Å². The highest BCUT2D eigenvalue weighted by Gasteiger charge is 2.35. The molecule has 1 fully saturated rings. The monoisotopic (exact) mass is 476 g/mol. The lowest BCUT2D eigenvalue weighted by molar-refractivity contribution is -0.135. The van der Waals surface area contributed by atoms with Gasteiger partial charge in [0.2, 0.25) is 5.91 Å². The topological polar surface area (TPSA) is 75.2 Å². The standard InChI is InChI=1S/C27H26F2N4O2/c1-27(2,26(35)33-12-3-4-13-33)17-10-8-16(9-11-17)14-20-23-21(15-30-25(23)34)32-24(31-20)22-18(28)6-5-7-19(22)29/h5-11H,3-4,12-15H2,1-2H3,(H,30,34). The maximum atomic E-state index is 14.4. The van der Waals surface area contributed by atoms with Gasteiger partial charge in [-0.25, -0.2) is 18.7 Å². The van der Waals surface area contributed by atoms with Crippen LogP contribution in [-0.2, 0) is 23.2 Å². The largest absolute Gasteiger partial charge is 0.346 e. The number of hydrogen-bond acceptors (Lipinski definition) is 4. The normalized spacial score (nSPS) is 15.3. The van der Waals surface area contributed by atoms with Crippen molar-refractivity contribution >= 4 is 11.8 Å². The summed E-state index contributed by atoms with van der Waals surface area (Å²) in [4.78, 5) is 36.1. The maximum absolute atomic E-state index is 14.4. The first-order valence-corrected chi connectivity index (χ1v) is 11.8. The van der Waals surface area contributed by atoms with Crippen molar-refractivity contribution in [1.82, 2.24) is 20.2 Å². The van der Waals surface area contributed by atoms with Gasteiger partial charge in [-0.3, -0.25) is 9.59 Å². The van der Waals surface area contributed by atoms with Crippen LogP contribution < -0.4 is 5.32 Å². The molecule has 6 nitrogen and oxygen atoms in total. The molecule has 0 unspecified atom stereocenters. The molecule has 1 aromatic heterocycles. The first-order valence-electron chi connectivity index (χ1n) is 11.8. The molecule has 2 aliphatic rings. The summed E-state index contributed by atoms with van der Waals surface area (Å²) in [5, 5.41) is 2.72. The third kappa shape index (κ3) is 4.17. The van der Waals surface area contributed by atoms with Crippen LogP contribution in [0, 0.1) is 11.6 Å². The van der Waals surface area contributed by atoms with E-state index in [1.807, 2.05) is 43.0 Å². The number of rotatable bonds is 5. The highest BCUT2D eigenvalue weighted by atomic mass is 19.1. The molecular formula is C27H26F2N4O2. The molecule has 2 amide bonds. The van der Waals surface area contributed by atoms with Gasteiger partial charge in [-0.05, 0) is 49.9 Å². The average Bonchev–Trinajstić information content (AvgIpc) is 3.49. The molecular weight excluding hydrogens is 450 g/mol. The number of carbonyl (C=O) groups excluding carboxylic acids is 2. The fraction of sp³-hybridized carbons (Fsp3) is 0.333. The summed E-state index contributed by atoms with van der Waals surface area (Å²) in [7, 11) is 0. The van der Waals surface area contributed by atoms with Crippen molar-refractivity contribution in [3.05, 3.63) is 82.2 Å². The lowest BCUT2D eigenvalue weighted by Gasteiger charge is -2.29. The van der Waals surface area contributed by atoms with E-state index in [0.717, 1.165) is 49.2 Å². The number of benzene rings is 2. The van der Waals surface area contributed by atoms with Crippen LogP contribution in [0.1, 0.15) is 59.6 Å². The van der Waals surface area contributed by atoms with Gasteiger partial charge in [0.15, 0.2) is 5.82 Å². The smallest absolute Gasteiger partial charge is 0.255 e. The van der Waals surface area contributed by atoms with E-state index in [9.17, 15) is 18.4 Å². The van der Waals surface area contributed by atoms with Gasteiger partial charge in [0.1, 0.15) is 11.6 Å². The predicted molar refractivity (Wildman–Crippen MR) is 127 cm³/mol. The number of hydrogen-bond donors (Lipinski definition) is 1. The van der Waals surface area contributed by atoms with E-state index in [-0.39, 0.29) is 36.2 Å². The second-order valence-electron chi connectivity index (χ2n) is 9.59. The molecule has 0 aliphatic carbocycles. The lowest BCUT2D eigenvalue weighted by Crippen LogP contribution is -2.41. The summed E-state index contributed by atoms with van der Waals surface area (Å²) in [6.07, 6.45) is 2.36. The Bertz CT molecular complexity index is 1300. The average molecular weight is 477 g/mol. The molecule has 0 radical (unpaired) electrons. The van der Waals surface area contributed by atoms with Crippen molar-refractivity contribution in [2.75, 3.05) is 13.1 Å². The van der Waals surface area contributed by atoms with Crippen molar-refractivity contribution in [2.24, 2.45) is 0 Å². The molecule has 8 heteroatoms. The quantitative estimate of drug-likeness (QED) is 0.600. The number of nitrogens with one attached hydrogen (secondary N) is 1. The highest BCUT2D eigenvalue weighted by Crippen LogP contribution is 2.30. The number of carbonyl (C=O) groups is 2. The van der Waals surface area contributed by atoms with Crippen molar-refractivity contribution in [3.8, 4) is 11.4 Å². The van der Waals surface area contributed by atoms with Crippen LogP contribution in [0.3, 0.4) is 0 Å². The Kier molecular flexibility index (Phi) is 5.83. The van der Waals surface area contributed by atoms with Gasteiger partial charge in [-0.15, -0.1) is 0 Å². The van der Waals surface area contributed by atoms with Crippen molar-refractivity contribution in [1.29, 1.82) is 0 Å². The molecule has 3 aromatic rings. The molecule has 0 spiro atoms. The third-order valence-corrected chi connectivity index (χ3v) is 6.86. The van der Waals surface area contributed by atoms with Gasteiger partial charge in [-0.2, -0.15) is 0 Å². The molecule has 35 heavy (non-hydrogen) atoms. The summed E-state index contributed by atoms with van der Waals surface area (Å²) in [5.41, 5.74) is 1.97. The molecule has 3 heterocycles. The Morgan fingerprint density at radius 1 is 1.00 bits per heavy atom. The Hall–Kier alpha value is -3.68. The third-order valence-electron chi connectivity index (χ3n) is 6.86. The number of aromatic nitrogens is 2. The van der Waals surface area contributed by atoms with Crippen LogP contribution >= 0.6 is 0 Å². The van der Waals surface area contributed by atoms with E-state index in [2.05, 4.69) is 15.3 Å². The Balaban J connectivity index is 1.47. The summed E-state index contributed by atoms with van der Waals surface area (Å²) in [6, 6.07) is 11.2. The minimum Gasteiger partial charge on any atom is -0.346 e. The van der Waals surface area contributed by atoms with Gasteiger partial charge >= 0.3 is 0 Å². The number of nitrogens with zero attached hydrogens (tertiary/aromatic N) is 3. The zero-order chi connectivity index (χ0) is 24.7. The van der Waals surface area contributed by atoms with Crippen LogP contribution in [0.4, 0.5) is 8.78 Å². The van der Waals surface area contributed by atoms with E-state index in [1.165, 1.54) is 6.07 Å². The number of amides is 2. The fourth-order valence-corrected chi connectivity index (χ4v) is 4.82. The van der Waals surface area contributed by atoms with Crippen molar-refractivity contribution < 1.29 is 18.4 Å². The summed E-state index contributed by atoms with van der Waals surface area (Å²) < 4.78 is 28.8. The Morgan fingerprint density at radius 3 is 2.31 bits per heavy atom. The van der Waals surface area contributed by atoms with Crippen LogP contribution in [0.15, 0.2) is 42.5 Å². The number of halogens is 2. The van der Waals surface area contributed by atoms with E-state index < -0.39 is 17.0 Å². The molecule has 5 rings (SSSR count). The molecule has 0 saturated carbocycles. The summed E-state index contributed by atoms with van der Waals surface area (Å²) in [5.74, 6) is -1.79. The van der Waals surface area contributed by atoms with Gasteiger partial charge in [0, 0.05) is 19.5 Å². The van der Waals surface area contributed by atoms with Gasteiger partial charge in [-0.1, -0.05) is 30.3 Å². The lowest BCUT2D eigenvalue weighted by atomic mass is 9.82. The zero-order valence-electron chi connectivity index (χ0n) is 19.7. The predicted octanol–water partition coefficient (Wildman–Crippen LogP) is 4.16. The fourth-order valence-electron chi connectivity index (χ4n) is 4.82. The highest BCUT2D eigenvalue weighted by molar-refractivity contribution is 5.99. The van der Waals surface area contributed by atoms with Crippen LogP contribution in [0.5, 0.6) is 0 Å². The van der Waals surface area contributed by atoms with E-state index >= 15 is 0 Å². The zero-order valence-corrected chi connectivity index (χ0v) is 19.7. The molecule has 0 bridgehead atoms. The van der Waals surface area contributed by atoms with Gasteiger partial charge < -0.3 is 10.2 Å². The van der Waals surface area contributed by atoms with E-state index in [0.29, 0.717) is 17.0 Å². The van der Waals surface area contributed by atoms with E-state index in [1.54, 1.807) is 0 Å². The minimum atomic E-state index is -0.762. The first-order chi connectivity index (χ1) is 16.8. The summed E-state index contributed by atoms with van der Waals surface area (Å²) >= 11 is 0. The second kappa shape index (κ2) is 8.83. The minimum absolute atomic E-state index is 0.0835. The number of fused-ring (bicyclic) bond motifs is 1. The molecule has 2 aliphatic heterocycles. The molecule has 0 atom stereocenters. The van der Waals surface area contributed by atoms with Crippen molar-refractivity contribution in [3.63, 3.8) is 0 Å². The van der Waals surface area contributed by atoms with Gasteiger partial charge in [0.05, 0.1) is 34.5 Å². The molecule has 180 valence electrons. The first kappa shape index (κ1) is 23.1. The van der Waals surface area contributed by atoms with Crippen molar-refractivity contribution in [2.45, 2.75) is 45.1 Å². The van der Waals surface area contributed by atoms with Gasteiger partial charge in [0.25, 0.3) is 5.91 Å². The SMILES string of the molecule is CC(C)(C(=O)N1CCCC1)c1ccc(Cc2nc(-c3c(F)cccc3F)nc3c2C(=O)NC3)cc1. The summed E-state index contributed by atoms with van der Waals surface area (Å²) in [6.45, 7) is 5.63. The molecule has 2 aromatic carbocycles. The molecule has 1 N–H and O–H groups in total. The van der Waals surface area contributed by atoms with Crippen LogP contribution in [-0.4, -0.2) is 39.8 Å². The van der Waals surface area contributed by atoms with E-state index in [4.69, 9.17) is 0 Å². The maximum Gasteiger partial charge on any atom is 0.255 e. The Labute approximate surface area is 202 Å². The molecule has 1 saturated heterocycles. The second-order valence-corrected chi connectivity index (χ2v) is 9.59.